The standard InChI is InChI=1S/C21H23NO4/c1-24-18-7-4-5-16(13-18)14-20(23)22-11-9-21(10-12-22)25-15-17-6-2-3-8-19(17)26-21/h2-8,13H,9-12,14-15H2,1H3. The summed E-state index contributed by atoms with van der Waals surface area (Å²) in [7, 11) is 1.63. The Morgan fingerprint density at radius 3 is 2.77 bits per heavy atom. The zero-order valence-corrected chi connectivity index (χ0v) is 14.9. The highest BCUT2D eigenvalue weighted by Gasteiger charge is 2.41. The molecule has 0 N–H and O–H groups in total. The number of fused-ring (bicyclic) bond motifs is 1. The third kappa shape index (κ3) is 3.40. The van der Waals surface area contributed by atoms with E-state index in [9.17, 15) is 4.79 Å². The van der Waals surface area contributed by atoms with Gasteiger partial charge in [0.1, 0.15) is 11.5 Å². The van der Waals surface area contributed by atoms with Crippen LogP contribution in [0.1, 0.15) is 24.0 Å². The van der Waals surface area contributed by atoms with Crippen molar-refractivity contribution in [1.82, 2.24) is 4.90 Å². The fourth-order valence-corrected chi connectivity index (χ4v) is 3.57. The van der Waals surface area contributed by atoms with E-state index < -0.39 is 5.79 Å². The molecule has 0 atom stereocenters. The number of rotatable bonds is 3. The van der Waals surface area contributed by atoms with Gasteiger partial charge in [0.15, 0.2) is 0 Å². The van der Waals surface area contributed by atoms with Crippen LogP contribution in [0.2, 0.25) is 0 Å². The summed E-state index contributed by atoms with van der Waals surface area (Å²) in [5.74, 6) is 1.20. The summed E-state index contributed by atoms with van der Waals surface area (Å²) in [4.78, 5) is 14.5. The number of para-hydroxylation sites is 1. The zero-order chi connectivity index (χ0) is 18.0. The molecule has 136 valence electrons. The maximum Gasteiger partial charge on any atom is 0.226 e. The normalized spacial score (nSPS) is 18.1. The predicted octanol–water partition coefficient (Wildman–Crippen LogP) is 3.17. The first-order valence-electron chi connectivity index (χ1n) is 8.99. The highest BCUT2D eigenvalue weighted by Crippen LogP contribution is 2.37. The van der Waals surface area contributed by atoms with E-state index >= 15 is 0 Å². The number of carbonyl (C=O) groups excluding carboxylic acids is 1. The van der Waals surface area contributed by atoms with Gasteiger partial charge in [-0.1, -0.05) is 30.3 Å². The van der Waals surface area contributed by atoms with Crippen molar-refractivity contribution in [3.63, 3.8) is 0 Å². The van der Waals surface area contributed by atoms with Crippen LogP contribution in [-0.2, 0) is 22.6 Å². The van der Waals surface area contributed by atoms with E-state index in [1.54, 1.807) is 7.11 Å². The number of hydrogen-bond acceptors (Lipinski definition) is 4. The summed E-state index contributed by atoms with van der Waals surface area (Å²) in [5, 5.41) is 0. The van der Waals surface area contributed by atoms with Crippen molar-refractivity contribution in [2.24, 2.45) is 0 Å². The molecule has 1 amide bonds. The number of methoxy groups -OCH3 is 1. The quantitative estimate of drug-likeness (QED) is 0.850. The summed E-state index contributed by atoms with van der Waals surface area (Å²) >= 11 is 0. The van der Waals surface area contributed by atoms with E-state index in [0.29, 0.717) is 39.0 Å². The van der Waals surface area contributed by atoms with Gasteiger partial charge < -0.3 is 19.1 Å². The molecule has 2 aromatic carbocycles. The molecule has 1 fully saturated rings. The zero-order valence-electron chi connectivity index (χ0n) is 14.9. The van der Waals surface area contributed by atoms with Crippen molar-refractivity contribution in [3.05, 3.63) is 59.7 Å². The maximum absolute atomic E-state index is 12.6. The van der Waals surface area contributed by atoms with Crippen LogP contribution in [0.3, 0.4) is 0 Å². The fourth-order valence-electron chi connectivity index (χ4n) is 3.57. The van der Waals surface area contributed by atoms with Crippen molar-refractivity contribution in [2.75, 3.05) is 20.2 Å². The lowest BCUT2D eigenvalue weighted by Crippen LogP contribution is -2.52. The Balaban J connectivity index is 1.37. The molecule has 1 spiro atoms. The lowest BCUT2D eigenvalue weighted by molar-refractivity contribution is -0.227. The van der Waals surface area contributed by atoms with Crippen LogP contribution in [-0.4, -0.2) is 36.8 Å². The van der Waals surface area contributed by atoms with E-state index in [2.05, 4.69) is 0 Å². The molecule has 2 heterocycles. The van der Waals surface area contributed by atoms with Crippen LogP contribution in [0.4, 0.5) is 0 Å². The topological polar surface area (TPSA) is 48.0 Å². The van der Waals surface area contributed by atoms with Gasteiger partial charge in [-0.25, -0.2) is 0 Å². The van der Waals surface area contributed by atoms with Gasteiger partial charge in [-0.05, 0) is 23.8 Å². The number of piperidine rings is 1. The van der Waals surface area contributed by atoms with Crippen molar-refractivity contribution in [2.45, 2.75) is 31.7 Å². The molecule has 2 aromatic rings. The number of amides is 1. The molecule has 0 saturated carbocycles. The summed E-state index contributed by atoms with van der Waals surface area (Å²) in [5.41, 5.74) is 2.04. The van der Waals surface area contributed by atoms with Crippen molar-refractivity contribution in [3.8, 4) is 11.5 Å². The second-order valence-electron chi connectivity index (χ2n) is 6.82. The summed E-state index contributed by atoms with van der Waals surface area (Å²) in [6.07, 6.45) is 1.76. The summed E-state index contributed by atoms with van der Waals surface area (Å²) in [6.45, 7) is 1.85. The summed E-state index contributed by atoms with van der Waals surface area (Å²) in [6, 6.07) is 15.6. The van der Waals surface area contributed by atoms with E-state index in [-0.39, 0.29) is 5.91 Å². The second kappa shape index (κ2) is 7.00. The molecule has 2 aliphatic rings. The van der Waals surface area contributed by atoms with Gasteiger partial charge in [-0.3, -0.25) is 4.79 Å². The number of benzene rings is 2. The Kier molecular flexibility index (Phi) is 4.55. The first kappa shape index (κ1) is 16.9. The van der Waals surface area contributed by atoms with E-state index in [4.69, 9.17) is 14.2 Å². The highest BCUT2D eigenvalue weighted by atomic mass is 16.7. The molecule has 0 aliphatic carbocycles. The van der Waals surface area contributed by atoms with Crippen LogP contribution in [0.15, 0.2) is 48.5 Å². The monoisotopic (exact) mass is 353 g/mol. The smallest absolute Gasteiger partial charge is 0.226 e. The molecule has 0 unspecified atom stereocenters. The fraction of sp³-hybridized carbons (Fsp3) is 0.381. The molecule has 0 radical (unpaired) electrons. The van der Waals surface area contributed by atoms with E-state index in [0.717, 1.165) is 22.6 Å². The van der Waals surface area contributed by atoms with Crippen LogP contribution in [0.25, 0.3) is 0 Å². The highest BCUT2D eigenvalue weighted by molar-refractivity contribution is 5.79. The molecule has 26 heavy (non-hydrogen) atoms. The maximum atomic E-state index is 12.6. The van der Waals surface area contributed by atoms with Gasteiger partial charge in [0.2, 0.25) is 11.7 Å². The third-order valence-corrected chi connectivity index (χ3v) is 5.13. The lowest BCUT2D eigenvalue weighted by atomic mass is 10.0. The summed E-state index contributed by atoms with van der Waals surface area (Å²) < 4.78 is 17.4. The van der Waals surface area contributed by atoms with E-state index in [1.807, 2.05) is 53.4 Å². The number of ether oxygens (including phenoxy) is 3. The molecule has 2 aliphatic heterocycles. The van der Waals surface area contributed by atoms with Crippen molar-refractivity contribution >= 4 is 5.91 Å². The first-order chi connectivity index (χ1) is 12.7. The average molecular weight is 353 g/mol. The molecule has 1 saturated heterocycles. The third-order valence-electron chi connectivity index (χ3n) is 5.13. The minimum Gasteiger partial charge on any atom is -0.497 e. The Hall–Kier alpha value is -2.53. The minimum atomic E-state index is -0.596. The predicted molar refractivity (Wildman–Crippen MR) is 97.1 cm³/mol. The molecule has 0 bridgehead atoms. The van der Waals surface area contributed by atoms with Crippen LogP contribution in [0, 0.1) is 0 Å². The lowest BCUT2D eigenvalue weighted by Gasteiger charge is -2.44. The van der Waals surface area contributed by atoms with Crippen LogP contribution in [0.5, 0.6) is 11.5 Å². The minimum absolute atomic E-state index is 0.129. The molecule has 5 nitrogen and oxygen atoms in total. The Bertz CT molecular complexity index is 796. The molecule has 5 heteroatoms. The largest absolute Gasteiger partial charge is 0.497 e. The van der Waals surface area contributed by atoms with Crippen LogP contribution >= 0.6 is 0 Å². The van der Waals surface area contributed by atoms with Gasteiger partial charge in [-0.15, -0.1) is 0 Å². The van der Waals surface area contributed by atoms with Crippen LogP contribution < -0.4 is 9.47 Å². The van der Waals surface area contributed by atoms with E-state index in [1.165, 1.54) is 0 Å². The van der Waals surface area contributed by atoms with Crippen molar-refractivity contribution < 1.29 is 19.0 Å². The number of nitrogens with zero attached hydrogens (tertiary/aromatic N) is 1. The molecular weight excluding hydrogens is 330 g/mol. The second-order valence-corrected chi connectivity index (χ2v) is 6.82. The first-order valence-corrected chi connectivity index (χ1v) is 8.99. The van der Waals surface area contributed by atoms with Gasteiger partial charge in [0.25, 0.3) is 0 Å². The number of carbonyl (C=O) groups is 1. The average Bonchev–Trinajstić information content (AvgIpc) is 2.68. The Labute approximate surface area is 153 Å². The SMILES string of the molecule is COc1cccc(CC(=O)N2CCC3(CC2)OCc2ccccc2O3)c1. The van der Waals surface area contributed by atoms with Gasteiger partial charge >= 0.3 is 0 Å². The molecule has 4 rings (SSSR count). The van der Waals surface area contributed by atoms with Gasteiger partial charge in [0.05, 0.1) is 20.1 Å². The van der Waals surface area contributed by atoms with Gasteiger partial charge in [0, 0.05) is 31.5 Å². The number of likely N-dealkylation sites (tertiary alicyclic amines) is 1. The number of hydrogen-bond donors (Lipinski definition) is 0. The van der Waals surface area contributed by atoms with Gasteiger partial charge in [-0.2, -0.15) is 0 Å². The Morgan fingerprint density at radius 2 is 1.96 bits per heavy atom. The van der Waals surface area contributed by atoms with Crippen molar-refractivity contribution in [1.29, 1.82) is 0 Å². The molecule has 0 aromatic heterocycles. The molecular formula is C21H23NO4. The Morgan fingerprint density at radius 1 is 1.15 bits per heavy atom.